The highest BCUT2D eigenvalue weighted by Gasteiger charge is 2.12. The summed E-state index contributed by atoms with van der Waals surface area (Å²) < 4.78 is 0. The minimum Gasteiger partial charge on any atom is -0.294 e. The van der Waals surface area contributed by atoms with Crippen molar-refractivity contribution < 1.29 is 9.59 Å². The van der Waals surface area contributed by atoms with E-state index in [2.05, 4.69) is 0 Å². The van der Waals surface area contributed by atoms with E-state index in [4.69, 9.17) is 11.7 Å². The molecule has 0 unspecified atom stereocenters. The van der Waals surface area contributed by atoms with Crippen LogP contribution in [0.2, 0.25) is 0 Å². The number of hydrazine groups is 2. The van der Waals surface area contributed by atoms with Crippen LogP contribution in [-0.4, -0.2) is 23.4 Å². The second kappa shape index (κ2) is 7.21. The predicted octanol–water partition coefficient (Wildman–Crippen LogP) is -0.218. The third-order valence-corrected chi connectivity index (χ3v) is 2.21. The van der Waals surface area contributed by atoms with Crippen LogP contribution in [0, 0.1) is 0 Å². The minimum absolute atomic E-state index is 0.228. The van der Waals surface area contributed by atoms with E-state index in [1.807, 2.05) is 41.8 Å². The fourth-order valence-corrected chi connectivity index (χ4v) is 1.26. The summed E-state index contributed by atoms with van der Waals surface area (Å²) in [6, 6.07) is 9.61. The number of nitrogens with two attached hydrogens (primary N) is 2. The van der Waals surface area contributed by atoms with Crippen LogP contribution < -0.4 is 17.1 Å². The molecule has 1 aromatic rings. The molecular formula is C12H16N4O2. The maximum absolute atomic E-state index is 11.4. The minimum atomic E-state index is -0.567. The molecule has 96 valence electrons. The maximum atomic E-state index is 11.4. The van der Waals surface area contributed by atoms with Gasteiger partial charge in [0.1, 0.15) is 6.42 Å². The molecule has 1 rings (SSSR count). The summed E-state index contributed by atoms with van der Waals surface area (Å²) in [6.45, 7) is 0.228. The topological polar surface area (TPSA) is 101 Å². The van der Waals surface area contributed by atoms with E-state index >= 15 is 0 Å². The lowest BCUT2D eigenvalue weighted by molar-refractivity contribution is -0.135. The smallest absolute Gasteiger partial charge is 0.246 e. The Hall–Kier alpha value is -2.18. The standard InChI is InChI=1S/C12H16N4O2/c13-15-11(17)9-12(18)16(14)8-4-7-10-5-2-1-3-6-10/h1-7H,8-9,13-14H2,(H,15,17). The number of nitrogens with one attached hydrogen (secondary N) is 1. The highest BCUT2D eigenvalue weighted by molar-refractivity contribution is 5.96. The molecule has 0 aliphatic heterocycles. The SMILES string of the molecule is NNC(=O)CC(=O)N(N)CC=Cc1ccccc1. The van der Waals surface area contributed by atoms with Gasteiger partial charge in [-0.3, -0.25) is 20.0 Å². The number of nitrogens with zero attached hydrogens (tertiary/aromatic N) is 1. The first-order valence-electron chi connectivity index (χ1n) is 5.39. The summed E-state index contributed by atoms with van der Waals surface area (Å²) in [7, 11) is 0. The van der Waals surface area contributed by atoms with Crippen molar-refractivity contribution in [3.05, 3.63) is 42.0 Å². The Bertz CT molecular complexity index is 431. The highest BCUT2D eigenvalue weighted by Crippen LogP contribution is 2.00. The monoisotopic (exact) mass is 248 g/mol. The number of rotatable bonds is 5. The Morgan fingerprint density at radius 3 is 2.56 bits per heavy atom. The molecule has 0 heterocycles. The lowest BCUT2D eigenvalue weighted by Crippen LogP contribution is -2.41. The molecule has 0 saturated carbocycles. The molecular weight excluding hydrogens is 232 g/mol. The van der Waals surface area contributed by atoms with Gasteiger partial charge >= 0.3 is 0 Å². The van der Waals surface area contributed by atoms with E-state index in [1.165, 1.54) is 0 Å². The third kappa shape index (κ3) is 4.77. The van der Waals surface area contributed by atoms with Crippen LogP contribution in [-0.2, 0) is 9.59 Å². The fraction of sp³-hybridized carbons (Fsp3) is 0.167. The molecule has 0 aliphatic rings. The summed E-state index contributed by atoms with van der Waals surface area (Å²) in [5, 5.41) is 0.967. The summed E-state index contributed by atoms with van der Waals surface area (Å²) >= 11 is 0. The second-order valence-electron chi connectivity index (χ2n) is 3.60. The molecule has 5 N–H and O–H groups in total. The molecule has 0 bridgehead atoms. The zero-order valence-corrected chi connectivity index (χ0v) is 9.87. The summed E-state index contributed by atoms with van der Waals surface area (Å²) in [4.78, 5) is 22.3. The zero-order chi connectivity index (χ0) is 13.4. The van der Waals surface area contributed by atoms with E-state index in [0.29, 0.717) is 0 Å². The molecule has 0 radical (unpaired) electrons. The molecule has 0 aliphatic carbocycles. The van der Waals surface area contributed by atoms with Crippen LogP contribution in [0.3, 0.4) is 0 Å². The first-order chi connectivity index (χ1) is 8.63. The van der Waals surface area contributed by atoms with Gasteiger partial charge in [0.05, 0.1) is 6.54 Å². The Labute approximate surface area is 105 Å². The first kappa shape index (κ1) is 13.9. The molecule has 2 amide bonds. The van der Waals surface area contributed by atoms with Crippen LogP contribution >= 0.6 is 0 Å². The van der Waals surface area contributed by atoms with Gasteiger partial charge in [-0.1, -0.05) is 42.5 Å². The van der Waals surface area contributed by atoms with E-state index in [0.717, 1.165) is 10.6 Å². The average Bonchev–Trinajstić information content (AvgIpc) is 2.39. The number of hydrogen-bond donors (Lipinski definition) is 3. The Balaban J connectivity index is 2.41. The van der Waals surface area contributed by atoms with E-state index in [1.54, 1.807) is 6.08 Å². The van der Waals surface area contributed by atoms with Crippen LogP contribution in [0.15, 0.2) is 36.4 Å². The van der Waals surface area contributed by atoms with E-state index < -0.39 is 11.8 Å². The molecule has 0 spiro atoms. The van der Waals surface area contributed by atoms with Crippen LogP contribution in [0.5, 0.6) is 0 Å². The molecule has 6 heteroatoms. The molecule has 0 atom stereocenters. The summed E-state index contributed by atoms with van der Waals surface area (Å²) in [5.74, 6) is 9.31. The molecule has 6 nitrogen and oxygen atoms in total. The molecule has 0 aromatic heterocycles. The van der Waals surface area contributed by atoms with Crippen LogP contribution in [0.1, 0.15) is 12.0 Å². The zero-order valence-electron chi connectivity index (χ0n) is 9.87. The predicted molar refractivity (Wildman–Crippen MR) is 68.3 cm³/mol. The van der Waals surface area contributed by atoms with Crippen molar-refractivity contribution in [2.75, 3.05) is 6.54 Å². The number of hydrogen-bond acceptors (Lipinski definition) is 4. The van der Waals surface area contributed by atoms with Gasteiger partial charge in [0.2, 0.25) is 11.8 Å². The Kier molecular flexibility index (Phi) is 5.56. The molecule has 1 aromatic carbocycles. The lowest BCUT2D eigenvalue weighted by Gasteiger charge is -2.13. The van der Waals surface area contributed by atoms with Crippen LogP contribution in [0.25, 0.3) is 6.08 Å². The van der Waals surface area contributed by atoms with Crippen molar-refractivity contribution in [2.45, 2.75) is 6.42 Å². The van der Waals surface area contributed by atoms with Crippen molar-refractivity contribution in [1.29, 1.82) is 0 Å². The van der Waals surface area contributed by atoms with Gasteiger partial charge in [-0.05, 0) is 5.56 Å². The molecule has 0 saturated heterocycles. The third-order valence-electron chi connectivity index (χ3n) is 2.21. The maximum Gasteiger partial charge on any atom is 0.246 e. The normalized spacial score (nSPS) is 10.3. The van der Waals surface area contributed by atoms with Gasteiger partial charge in [-0.2, -0.15) is 0 Å². The summed E-state index contributed by atoms with van der Waals surface area (Å²) in [6.07, 6.45) is 3.23. The van der Waals surface area contributed by atoms with Gasteiger partial charge in [-0.25, -0.2) is 11.7 Å². The van der Waals surface area contributed by atoms with Crippen molar-refractivity contribution in [3.8, 4) is 0 Å². The molecule has 0 fully saturated rings. The van der Waals surface area contributed by atoms with Crippen molar-refractivity contribution in [2.24, 2.45) is 11.7 Å². The number of carbonyl (C=O) groups is 2. The summed E-state index contributed by atoms with van der Waals surface area (Å²) in [5.41, 5.74) is 2.88. The first-order valence-corrected chi connectivity index (χ1v) is 5.39. The number of carbonyl (C=O) groups excluding carboxylic acids is 2. The highest BCUT2D eigenvalue weighted by atomic mass is 16.2. The van der Waals surface area contributed by atoms with E-state index in [9.17, 15) is 9.59 Å². The Morgan fingerprint density at radius 1 is 1.28 bits per heavy atom. The van der Waals surface area contributed by atoms with Gasteiger partial charge < -0.3 is 0 Å². The second-order valence-corrected chi connectivity index (χ2v) is 3.60. The van der Waals surface area contributed by atoms with Gasteiger partial charge in [0, 0.05) is 0 Å². The number of benzene rings is 1. The van der Waals surface area contributed by atoms with E-state index in [-0.39, 0.29) is 13.0 Å². The van der Waals surface area contributed by atoms with Crippen molar-refractivity contribution in [1.82, 2.24) is 10.4 Å². The molecule has 18 heavy (non-hydrogen) atoms. The lowest BCUT2D eigenvalue weighted by atomic mass is 10.2. The van der Waals surface area contributed by atoms with Gasteiger partial charge in [0.25, 0.3) is 0 Å². The number of amides is 2. The quantitative estimate of drug-likeness (QED) is 0.290. The largest absolute Gasteiger partial charge is 0.294 e. The van der Waals surface area contributed by atoms with Gasteiger partial charge in [0.15, 0.2) is 0 Å². The Morgan fingerprint density at radius 2 is 1.94 bits per heavy atom. The fourth-order valence-electron chi connectivity index (χ4n) is 1.26. The average molecular weight is 248 g/mol. The van der Waals surface area contributed by atoms with Crippen molar-refractivity contribution >= 4 is 17.9 Å². The van der Waals surface area contributed by atoms with Crippen molar-refractivity contribution in [3.63, 3.8) is 0 Å². The van der Waals surface area contributed by atoms with Crippen LogP contribution in [0.4, 0.5) is 0 Å². The van der Waals surface area contributed by atoms with Gasteiger partial charge in [-0.15, -0.1) is 0 Å².